The summed E-state index contributed by atoms with van der Waals surface area (Å²) in [4.78, 5) is 13.9. The Morgan fingerprint density at radius 3 is 2.38 bits per heavy atom. The van der Waals surface area contributed by atoms with Crippen molar-refractivity contribution in [1.29, 1.82) is 0 Å². The van der Waals surface area contributed by atoms with E-state index in [1.807, 2.05) is 20.8 Å². The summed E-state index contributed by atoms with van der Waals surface area (Å²) in [5, 5.41) is 18.7. The molecule has 2 aliphatic rings. The average molecular weight is 401 g/mol. The fourth-order valence-corrected chi connectivity index (χ4v) is 5.68. The van der Waals surface area contributed by atoms with Crippen molar-refractivity contribution in [3.05, 3.63) is 47.2 Å². The molecule has 154 valence electrons. The quantitative estimate of drug-likeness (QED) is 0.740. The van der Waals surface area contributed by atoms with Gasteiger partial charge in [-0.2, -0.15) is 5.10 Å². The lowest BCUT2D eigenvalue weighted by molar-refractivity contribution is -0.0371. The van der Waals surface area contributed by atoms with Crippen molar-refractivity contribution < 1.29 is 18.7 Å². The summed E-state index contributed by atoms with van der Waals surface area (Å²) in [5.41, 5.74) is -0.546. The lowest BCUT2D eigenvalue weighted by atomic mass is 9.72. The van der Waals surface area contributed by atoms with Gasteiger partial charge in [0, 0.05) is 11.0 Å². The number of carbonyl (C=O) groups is 1. The van der Waals surface area contributed by atoms with Crippen molar-refractivity contribution >= 4 is 6.09 Å². The van der Waals surface area contributed by atoms with Gasteiger partial charge in [-0.3, -0.25) is 4.90 Å². The first-order valence-corrected chi connectivity index (χ1v) is 9.78. The predicted molar refractivity (Wildman–Crippen MR) is 104 cm³/mol. The Kier molecular flexibility index (Phi) is 4.06. The topological polar surface area (TPSA) is 66.3 Å². The summed E-state index contributed by atoms with van der Waals surface area (Å²) in [5.74, 6) is -1.36. The van der Waals surface area contributed by atoms with Crippen LogP contribution in [0.25, 0.3) is 11.3 Å². The Hall–Kier alpha value is -2.57. The van der Waals surface area contributed by atoms with Gasteiger partial charge in [0.1, 0.15) is 11.6 Å². The van der Waals surface area contributed by atoms with Crippen LogP contribution in [0.3, 0.4) is 0 Å². The van der Waals surface area contributed by atoms with E-state index in [4.69, 9.17) is 0 Å². The van der Waals surface area contributed by atoms with Crippen LogP contribution >= 0.6 is 0 Å². The molecule has 1 aromatic heterocycles. The lowest BCUT2D eigenvalue weighted by Gasteiger charge is -2.51. The predicted octanol–water partition coefficient (Wildman–Crippen LogP) is 5.31. The highest BCUT2D eigenvalue weighted by Gasteiger charge is 2.68. The van der Waals surface area contributed by atoms with Crippen LogP contribution in [-0.4, -0.2) is 31.8 Å². The Balaban J connectivity index is 1.95. The number of carboxylic acid groups (broad SMARTS) is 1. The fraction of sp³-hybridized carbons (Fsp3) is 0.500. The van der Waals surface area contributed by atoms with Gasteiger partial charge < -0.3 is 5.11 Å². The Morgan fingerprint density at radius 2 is 1.83 bits per heavy atom. The van der Waals surface area contributed by atoms with Gasteiger partial charge in [0.05, 0.1) is 22.5 Å². The number of hydrogen-bond donors (Lipinski definition) is 1. The molecule has 2 aromatic rings. The minimum Gasteiger partial charge on any atom is -0.465 e. The Morgan fingerprint density at radius 1 is 1.21 bits per heavy atom. The van der Waals surface area contributed by atoms with E-state index >= 15 is 0 Å². The normalized spacial score (nSPS) is 24.4. The van der Waals surface area contributed by atoms with Crippen molar-refractivity contribution in [2.75, 3.05) is 0 Å². The number of amides is 1. The first-order chi connectivity index (χ1) is 13.4. The van der Waals surface area contributed by atoms with E-state index in [1.54, 1.807) is 6.07 Å². The molecule has 1 saturated carbocycles. The largest absolute Gasteiger partial charge is 0.465 e. The van der Waals surface area contributed by atoms with Crippen LogP contribution in [0.2, 0.25) is 0 Å². The number of benzene rings is 1. The van der Waals surface area contributed by atoms with E-state index in [9.17, 15) is 18.7 Å². The van der Waals surface area contributed by atoms with Crippen molar-refractivity contribution in [3.8, 4) is 11.3 Å². The summed E-state index contributed by atoms with van der Waals surface area (Å²) in [6.07, 6.45) is 0.416. The average Bonchev–Trinajstić information content (AvgIpc) is 2.94. The van der Waals surface area contributed by atoms with Crippen LogP contribution in [0, 0.1) is 17.0 Å². The molecule has 0 aliphatic heterocycles. The molecular formula is C22H25F2N3O2. The molecule has 4 rings (SSSR count). The third-order valence-corrected chi connectivity index (χ3v) is 6.79. The van der Waals surface area contributed by atoms with Gasteiger partial charge in [-0.1, -0.05) is 19.9 Å². The number of rotatable bonds is 2. The maximum absolute atomic E-state index is 14.3. The summed E-state index contributed by atoms with van der Waals surface area (Å²) >= 11 is 0. The highest BCUT2D eigenvalue weighted by Crippen LogP contribution is 2.69. The summed E-state index contributed by atoms with van der Waals surface area (Å²) in [7, 11) is 0. The molecule has 1 heterocycles. The smallest absolute Gasteiger partial charge is 0.408 e. The zero-order chi connectivity index (χ0) is 21.4. The minimum atomic E-state index is -1.01. The van der Waals surface area contributed by atoms with Gasteiger partial charge in [-0.15, -0.1) is 5.10 Å². The van der Waals surface area contributed by atoms with Gasteiger partial charge in [-0.05, 0) is 63.3 Å². The standard InChI is InChI=1S/C22H25F2N3O2/c1-20(2,3)27(19(28)29)22-10-9-13(21(22,4)5)12-11-16(25-26-18(12)22)17-14(23)7-6-8-15(17)24/h6-8,11,13H,9-10H2,1-5H3,(H,28,29)/t13-,22-/m1/s1. The van der Waals surface area contributed by atoms with E-state index in [0.29, 0.717) is 12.1 Å². The maximum atomic E-state index is 14.3. The molecule has 2 atom stereocenters. The summed E-state index contributed by atoms with van der Waals surface area (Å²) in [6, 6.07) is 5.39. The van der Waals surface area contributed by atoms with Gasteiger partial charge in [-0.25, -0.2) is 13.6 Å². The second kappa shape index (κ2) is 5.97. The molecule has 0 saturated heterocycles. The van der Waals surface area contributed by atoms with Crippen molar-refractivity contribution in [3.63, 3.8) is 0 Å². The molecule has 1 aromatic carbocycles. The summed E-state index contributed by atoms with van der Waals surface area (Å²) < 4.78 is 28.6. The first kappa shape index (κ1) is 19.7. The van der Waals surface area contributed by atoms with Crippen molar-refractivity contribution in [1.82, 2.24) is 15.1 Å². The van der Waals surface area contributed by atoms with E-state index in [1.165, 1.54) is 23.1 Å². The number of aromatic nitrogens is 2. The molecule has 1 N–H and O–H groups in total. The lowest BCUT2D eigenvalue weighted by Crippen LogP contribution is -2.61. The van der Waals surface area contributed by atoms with Crippen LogP contribution in [0.1, 0.15) is 64.6 Å². The van der Waals surface area contributed by atoms with Crippen molar-refractivity contribution in [2.45, 2.75) is 64.5 Å². The molecule has 0 radical (unpaired) electrons. The van der Waals surface area contributed by atoms with E-state index in [0.717, 1.165) is 12.0 Å². The molecular weight excluding hydrogens is 376 g/mol. The van der Waals surface area contributed by atoms with E-state index < -0.39 is 34.2 Å². The van der Waals surface area contributed by atoms with Crippen molar-refractivity contribution in [2.24, 2.45) is 5.41 Å². The van der Waals surface area contributed by atoms with Gasteiger partial charge >= 0.3 is 6.09 Å². The highest BCUT2D eigenvalue weighted by molar-refractivity contribution is 5.70. The fourth-order valence-electron chi connectivity index (χ4n) is 5.68. The molecule has 1 amide bonds. The SMILES string of the molecule is CC(C)(C)N(C(=O)O)[C@]12CC[C@H](c3cc(-c4c(F)cccc4F)nnc31)C2(C)C. The number of hydrogen-bond acceptors (Lipinski definition) is 3. The molecule has 0 spiro atoms. The van der Waals surface area contributed by atoms with Gasteiger partial charge in [0.15, 0.2) is 0 Å². The number of fused-ring (bicyclic) bond motifs is 5. The van der Waals surface area contributed by atoms with E-state index in [-0.39, 0.29) is 17.2 Å². The first-order valence-electron chi connectivity index (χ1n) is 9.78. The minimum absolute atomic E-state index is 0.0331. The summed E-state index contributed by atoms with van der Waals surface area (Å²) in [6.45, 7) is 9.71. The molecule has 2 aliphatic carbocycles. The second-order valence-corrected chi connectivity index (χ2v) is 9.59. The zero-order valence-corrected chi connectivity index (χ0v) is 17.3. The molecule has 1 fully saturated rings. The van der Waals surface area contributed by atoms with Crippen LogP contribution in [0.5, 0.6) is 0 Å². The molecule has 5 nitrogen and oxygen atoms in total. The van der Waals surface area contributed by atoms with Gasteiger partial charge in [0.2, 0.25) is 0 Å². The molecule has 29 heavy (non-hydrogen) atoms. The molecule has 0 unspecified atom stereocenters. The van der Waals surface area contributed by atoms with Crippen LogP contribution < -0.4 is 0 Å². The zero-order valence-electron chi connectivity index (χ0n) is 17.3. The molecule has 7 heteroatoms. The highest BCUT2D eigenvalue weighted by atomic mass is 19.1. The van der Waals surface area contributed by atoms with Crippen LogP contribution in [0.4, 0.5) is 13.6 Å². The number of halogens is 2. The Labute approximate surface area is 168 Å². The third-order valence-electron chi connectivity index (χ3n) is 6.79. The van der Waals surface area contributed by atoms with Gasteiger partial charge in [0.25, 0.3) is 0 Å². The Bertz CT molecular complexity index is 995. The third kappa shape index (κ3) is 2.45. The maximum Gasteiger partial charge on any atom is 0.408 e. The van der Waals surface area contributed by atoms with Crippen LogP contribution in [0.15, 0.2) is 24.3 Å². The second-order valence-electron chi connectivity index (χ2n) is 9.59. The monoisotopic (exact) mass is 401 g/mol. The number of nitrogens with zero attached hydrogens (tertiary/aromatic N) is 3. The van der Waals surface area contributed by atoms with E-state index in [2.05, 4.69) is 24.0 Å². The van der Waals surface area contributed by atoms with Crippen LogP contribution in [-0.2, 0) is 5.54 Å². The molecule has 2 bridgehead atoms.